The third-order valence-corrected chi connectivity index (χ3v) is 7.47. The Hall–Kier alpha value is -4.92. The molecule has 1 unspecified atom stereocenters. The molecule has 0 radical (unpaired) electrons. The van der Waals surface area contributed by atoms with Gasteiger partial charge in [0.1, 0.15) is 40.3 Å². The highest BCUT2D eigenvalue weighted by atomic mass is 16.6. The smallest absolute Gasteiger partial charge is 0.410 e. The molecule has 1 aromatic carbocycles. The van der Waals surface area contributed by atoms with Gasteiger partial charge >= 0.3 is 12.1 Å². The number of amides is 1. The van der Waals surface area contributed by atoms with E-state index in [2.05, 4.69) is 21.5 Å². The van der Waals surface area contributed by atoms with Crippen molar-refractivity contribution in [1.82, 2.24) is 29.5 Å². The third kappa shape index (κ3) is 6.02. The molecule has 3 aromatic heterocycles. The van der Waals surface area contributed by atoms with Crippen LogP contribution in [-0.4, -0.2) is 67.4 Å². The lowest BCUT2D eigenvalue weighted by Crippen LogP contribution is -2.42. The first-order chi connectivity index (χ1) is 20.5. The summed E-state index contributed by atoms with van der Waals surface area (Å²) < 4.78 is 20.4. The van der Waals surface area contributed by atoms with E-state index in [0.717, 1.165) is 18.5 Å². The molecule has 1 fully saturated rings. The van der Waals surface area contributed by atoms with Crippen LogP contribution in [0.4, 0.5) is 4.79 Å². The van der Waals surface area contributed by atoms with E-state index >= 15 is 0 Å². The average Bonchev–Trinajstić information content (AvgIpc) is 3.59. The summed E-state index contributed by atoms with van der Waals surface area (Å²) in [6.45, 7) is 10.5. The Morgan fingerprint density at radius 3 is 2.56 bits per heavy atom. The predicted molar refractivity (Wildman–Crippen MR) is 157 cm³/mol. The van der Waals surface area contributed by atoms with Crippen LogP contribution in [0.1, 0.15) is 79.9 Å². The van der Waals surface area contributed by atoms with Crippen molar-refractivity contribution in [1.29, 1.82) is 5.26 Å². The van der Waals surface area contributed by atoms with Crippen molar-refractivity contribution >= 4 is 17.6 Å². The molecule has 0 saturated carbocycles. The Bertz CT molecular complexity index is 1700. The molecule has 1 aliphatic rings. The molecule has 5 rings (SSSR count). The Morgan fingerprint density at radius 2 is 1.88 bits per heavy atom. The molecule has 1 amide bonds. The maximum Gasteiger partial charge on any atom is 0.410 e. The molecule has 1 saturated heterocycles. The molecule has 0 aliphatic carbocycles. The van der Waals surface area contributed by atoms with Crippen molar-refractivity contribution in [3.8, 4) is 23.1 Å². The van der Waals surface area contributed by atoms with E-state index in [0.29, 0.717) is 52.3 Å². The van der Waals surface area contributed by atoms with Gasteiger partial charge in [0.15, 0.2) is 0 Å². The number of piperidine rings is 1. The van der Waals surface area contributed by atoms with Gasteiger partial charge in [-0.2, -0.15) is 10.4 Å². The van der Waals surface area contributed by atoms with Crippen molar-refractivity contribution in [2.24, 2.45) is 0 Å². The van der Waals surface area contributed by atoms with Crippen LogP contribution < -0.4 is 4.74 Å². The standard InChI is InChI=1S/C31H35N7O5/c1-19-27(34-35-38(19)23-11-13-36(14-12-23)30(40)43-31(3,4)5)21-15-26(28-22(16-32)17-33-37(28)18-21)42-20(2)24-9-7-8-10-25(24)29(39)41-6/h7-10,15,17-18,20,23H,11-14H2,1-6H3. The van der Waals surface area contributed by atoms with Gasteiger partial charge in [0.2, 0.25) is 0 Å². The van der Waals surface area contributed by atoms with Crippen LogP contribution in [0.15, 0.2) is 42.7 Å². The number of aromatic nitrogens is 5. The molecule has 1 atom stereocenters. The van der Waals surface area contributed by atoms with Crippen LogP contribution in [0.25, 0.3) is 16.8 Å². The lowest BCUT2D eigenvalue weighted by Gasteiger charge is -2.33. The van der Waals surface area contributed by atoms with Gasteiger partial charge in [-0.15, -0.1) is 5.10 Å². The van der Waals surface area contributed by atoms with Crippen molar-refractivity contribution in [2.45, 2.75) is 65.2 Å². The Morgan fingerprint density at radius 1 is 1.16 bits per heavy atom. The van der Waals surface area contributed by atoms with Crippen LogP contribution in [0.2, 0.25) is 0 Å². The number of hydrogen-bond acceptors (Lipinski definition) is 9. The SMILES string of the molecule is COC(=O)c1ccccc1C(C)Oc1cc(-c2nnn(C3CCN(C(=O)OC(C)(C)C)CC3)c2C)cn2ncc(C#N)c12. The van der Waals surface area contributed by atoms with Gasteiger partial charge in [-0.1, -0.05) is 23.4 Å². The van der Waals surface area contributed by atoms with Crippen molar-refractivity contribution < 1.29 is 23.8 Å². The molecular weight excluding hydrogens is 550 g/mol. The van der Waals surface area contributed by atoms with Crippen LogP contribution >= 0.6 is 0 Å². The zero-order valence-corrected chi connectivity index (χ0v) is 25.2. The summed E-state index contributed by atoms with van der Waals surface area (Å²) in [7, 11) is 1.34. The fourth-order valence-corrected chi connectivity index (χ4v) is 5.36. The summed E-state index contributed by atoms with van der Waals surface area (Å²) in [5, 5.41) is 23.1. The van der Waals surface area contributed by atoms with Gasteiger partial charge in [0, 0.05) is 30.4 Å². The van der Waals surface area contributed by atoms with Crippen LogP contribution in [0.5, 0.6) is 5.75 Å². The number of benzene rings is 1. The monoisotopic (exact) mass is 585 g/mol. The predicted octanol–water partition coefficient (Wildman–Crippen LogP) is 5.27. The Labute approximate surface area is 249 Å². The zero-order chi connectivity index (χ0) is 30.9. The zero-order valence-electron chi connectivity index (χ0n) is 25.2. The van der Waals surface area contributed by atoms with Gasteiger partial charge in [0.25, 0.3) is 0 Å². The maximum atomic E-state index is 12.5. The Kier molecular flexibility index (Phi) is 8.08. The first-order valence-corrected chi connectivity index (χ1v) is 14.2. The van der Waals surface area contributed by atoms with Gasteiger partial charge < -0.3 is 19.1 Å². The number of carbonyl (C=O) groups excluding carboxylic acids is 2. The van der Waals surface area contributed by atoms with Crippen LogP contribution in [-0.2, 0) is 9.47 Å². The number of esters is 1. The number of fused-ring (bicyclic) bond motifs is 1. The summed E-state index contributed by atoms with van der Waals surface area (Å²) in [6.07, 6.45) is 3.87. The molecule has 43 heavy (non-hydrogen) atoms. The van der Waals surface area contributed by atoms with E-state index in [-0.39, 0.29) is 12.1 Å². The molecule has 1 aliphatic heterocycles. The quantitative estimate of drug-likeness (QED) is 0.277. The lowest BCUT2D eigenvalue weighted by atomic mass is 10.0. The second kappa shape index (κ2) is 11.8. The average molecular weight is 586 g/mol. The maximum absolute atomic E-state index is 12.5. The van der Waals surface area contributed by atoms with E-state index in [1.165, 1.54) is 13.3 Å². The van der Waals surface area contributed by atoms with E-state index in [1.54, 1.807) is 27.7 Å². The highest BCUT2D eigenvalue weighted by Gasteiger charge is 2.30. The molecule has 4 heterocycles. The number of carbonyl (C=O) groups is 2. The van der Waals surface area contributed by atoms with Gasteiger partial charge in [-0.25, -0.2) is 18.8 Å². The van der Waals surface area contributed by atoms with Crippen LogP contribution in [0, 0.1) is 18.3 Å². The molecule has 4 aromatic rings. The Balaban J connectivity index is 1.43. The third-order valence-electron chi connectivity index (χ3n) is 7.47. The lowest BCUT2D eigenvalue weighted by molar-refractivity contribution is 0.0183. The number of pyridine rings is 1. The number of nitriles is 1. The highest BCUT2D eigenvalue weighted by Crippen LogP contribution is 2.35. The molecule has 0 spiro atoms. The number of ether oxygens (including phenoxy) is 3. The first kappa shape index (κ1) is 29.6. The largest absolute Gasteiger partial charge is 0.484 e. The molecule has 12 nitrogen and oxygen atoms in total. The minimum Gasteiger partial charge on any atom is -0.484 e. The normalized spacial score (nSPS) is 14.8. The minimum atomic E-state index is -0.553. The first-order valence-electron chi connectivity index (χ1n) is 14.2. The van der Waals surface area contributed by atoms with Crippen LogP contribution in [0.3, 0.4) is 0 Å². The number of methoxy groups -OCH3 is 1. The number of rotatable bonds is 6. The molecule has 0 bridgehead atoms. The number of nitrogens with zero attached hydrogens (tertiary/aromatic N) is 7. The van der Waals surface area contributed by atoms with Gasteiger partial charge in [0.05, 0.1) is 30.6 Å². The van der Waals surface area contributed by atoms with Crippen molar-refractivity contribution in [3.05, 3.63) is 65.1 Å². The number of likely N-dealkylation sites (tertiary alicyclic amines) is 1. The second-order valence-electron chi connectivity index (χ2n) is 11.6. The van der Waals surface area contributed by atoms with Gasteiger partial charge in [-0.3, -0.25) is 0 Å². The van der Waals surface area contributed by atoms with E-state index in [4.69, 9.17) is 14.2 Å². The van der Waals surface area contributed by atoms with E-state index in [9.17, 15) is 14.9 Å². The highest BCUT2D eigenvalue weighted by molar-refractivity contribution is 5.91. The molecule has 12 heteroatoms. The summed E-state index contributed by atoms with van der Waals surface area (Å²) in [6, 6.07) is 11.2. The summed E-state index contributed by atoms with van der Waals surface area (Å²) >= 11 is 0. The second-order valence-corrected chi connectivity index (χ2v) is 11.6. The minimum absolute atomic E-state index is 0.0733. The summed E-state index contributed by atoms with van der Waals surface area (Å²) in [5.41, 5.74) is 3.58. The molecule has 224 valence electrons. The van der Waals surface area contributed by atoms with Gasteiger partial charge in [-0.05, 0) is 59.6 Å². The topological polar surface area (TPSA) is 137 Å². The molecule has 0 N–H and O–H groups in total. The number of hydrogen-bond donors (Lipinski definition) is 0. The summed E-state index contributed by atoms with van der Waals surface area (Å²) in [4.78, 5) is 26.6. The van der Waals surface area contributed by atoms with E-state index in [1.807, 2.05) is 57.5 Å². The fourth-order valence-electron chi connectivity index (χ4n) is 5.36. The molecular formula is C31H35N7O5. The van der Waals surface area contributed by atoms with Crippen molar-refractivity contribution in [3.63, 3.8) is 0 Å². The fraction of sp³-hybridized carbons (Fsp3) is 0.419. The van der Waals surface area contributed by atoms with E-state index < -0.39 is 17.7 Å². The van der Waals surface area contributed by atoms with Crippen molar-refractivity contribution in [2.75, 3.05) is 20.2 Å². The summed E-state index contributed by atoms with van der Waals surface area (Å²) in [5.74, 6) is -0.0467.